The van der Waals surface area contributed by atoms with E-state index >= 15 is 0 Å². The van der Waals surface area contributed by atoms with Crippen LogP contribution in [0.1, 0.15) is 0 Å². The van der Waals surface area contributed by atoms with Crippen molar-refractivity contribution in [3.05, 3.63) is 28.1 Å². The van der Waals surface area contributed by atoms with Gasteiger partial charge in [-0.2, -0.15) is 0 Å². The number of nitrogens with two attached hydrogens (primary N) is 1. The van der Waals surface area contributed by atoms with Gasteiger partial charge < -0.3 is 15.7 Å². The monoisotopic (exact) mass is 226 g/mol. The predicted molar refractivity (Wildman–Crippen MR) is 50.6 cm³/mol. The van der Waals surface area contributed by atoms with Crippen molar-refractivity contribution in [1.29, 1.82) is 0 Å². The van der Waals surface area contributed by atoms with Crippen molar-refractivity contribution < 1.29 is 0 Å². The first-order chi connectivity index (χ1) is 5.68. The van der Waals surface area contributed by atoms with Crippen LogP contribution in [0.4, 0.5) is 5.69 Å². The molecule has 12 heavy (non-hydrogen) atoms. The lowest BCUT2D eigenvalue weighted by Crippen LogP contribution is -1.87. The van der Waals surface area contributed by atoms with Crippen LogP contribution in [0.2, 0.25) is 0 Å². The van der Waals surface area contributed by atoms with Crippen molar-refractivity contribution in [1.82, 2.24) is 9.71 Å². The molecule has 2 N–H and O–H groups in total. The van der Waals surface area contributed by atoms with E-state index in [-0.39, 0.29) is 0 Å². The second-order valence-electron chi connectivity index (χ2n) is 2.43. The number of benzene rings is 1. The third kappa shape index (κ3) is 0.937. The summed E-state index contributed by atoms with van der Waals surface area (Å²) in [5.74, 6) is 0. The Kier molecular flexibility index (Phi) is 1.47. The highest BCUT2D eigenvalue weighted by Gasteiger charge is 2.01. The Morgan fingerprint density at radius 3 is 3.00 bits per heavy atom. The maximum atomic E-state index is 11.0. The van der Waals surface area contributed by atoms with E-state index in [1.54, 1.807) is 12.1 Å². The van der Waals surface area contributed by atoms with E-state index in [2.05, 4.69) is 20.9 Å². The molecular weight excluding hydrogens is 222 g/mol. The Morgan fingerprint density at radius 2 is 2.25 bits per heavy atom. The molecule has 0 saturated heterocycles. The van der Waals surface area contributed by atoms with Gasteiger partial charge in [-0.1, -0.05) is 0 Å². The number of nitrogen functional groups attached to an aromatic ring is 1. The predicted octanol–water partition coefficient (Wildman–Crippen LogP) is 1.73. The number of halogens is 1. The number of fused-ring (bicyclic) bond motifs is 1. The number of nitrogens with zero attached hydrogens (tertiary/aromatic N) is 2. The lowest BCUT2D eigenvalue weighted by molar-refractivity contribution is 1.11. The fourth-order valence-corrected chi connectivity index (χ4v) is 1.36. The molecule has 0 radical (unpaired) electrons. The van der Waals surface area contributed by atoms with E-state index < -0.39 is 0 Å². The number of hydrogen-bond donors (Lipinski definition) is 1. The summed E-state index contributed by atoms with van der Waals surface area (Å²) in [6.07, 6.45) is 1.22. The summed E-state index contributed by atoms with van der Waals surface area (Å²) in [5, 5.41) is 11.0. The Labute approximate surface area is 76.7 Å². The van der Waals surface area contributed by atoms with Crippen LogP contribution in [0.5, 0.6) is 0 Å². The molecule has 0 aliphatic heterocycles. The van der Waals surface area contributed by atoms with Gasteiger partial charge in [-0.05, 0) is 28.1 Å². The van der Waals surface area contributed by atoms with Gasteiger partial charge in [0.05, 0.1) is 17.4 Å². The minimum atomic E-state index is 0.524. The third-order valence-electron chi connectivity index (χ3n) is 1.63. The summed E-state index contributed by atoms with van der Waals surface area (Å²) >= 11 is 3.23. The van der Waals surface area contributed by atoms with Gasteiger partial charge in [0.2, 0.25) is 0 Å². The highest BCUT2D eigenvalue weighted by atomic mass is 79.9. The van der Waals surface area contributed by atoms with Crippen LogP contribution in [0.15, 0.2) is 22.9 Å². The van der Waals surface area contributed by atoms with Crippen LogP contribution < -0.4 is 5.73 Å². The quantitative estimate of drug-likeness (QED) is 0.696. The number of rotatable bonds is 0. The van der Waals surface area contributed by atoms with Crippen LogP contribution in [0, 0.1) is 5.21 Å². The van der Waals surface area contributed by atoms with Crippen molar-refractivity contribution in [2.45, 2.75) is 0 Å². The van der Waals surface area contributed by atoms with Crippen LogP contribution >= 0.6 is 15.9 Å². The number of imidazole rings is 1. The van der Waals surface area contributed by atoms with E-state index in [0.29, 0.717) is 25.9 Å². The second kappa shape index (κ2) is 2.38. The largest absolute Gasteiger partial charge is 0.805 e. The average Bonchev–Trinajstić information content (AvgIpc) is 2.35. The molecule has 0 aliphatic carbocycles. The molecule has 0 unspecified atom stereocenters. The van der Waals surface area contributed by atoms with Gasteiger partial charge in [-0.3, -0.25) is 0 Å². The molecule has 5 heteroatoms. The number of aromatic nitrogens is 2. The van der Waals surface area contributed by atoms with Crippen molar-refractivity contribution in [3.63, 3.8) is 0 Å². The molecule has 0 bridgehead atoms. The van der Waals surface area contributed by atoms with E-state index in [1.165, 1.54) is 6.33 Å². The van der Waals surface area contributed by atoms with Crippen molar-refractivity contribution in [2.24, 2.45) is 0 Å². The molecule has 0 spiro atoms. The molecule has 4 nitrogen and oxygen atoms in total. The molecule has 1 aromatic carbocycles. The van der Waals surface area contributed by atoms with Gasteiger partial charge in [0, 0.05) is 10.2 Å². The molecule has 0 atom stereocenters. The lowest BCUT2D eigenvalue weighted by Gasteiger charge is -2.06. The Morgan fingerprint density at radius 1 is 1.50 bits per heavy atom. The third-order valence-corrected chi connectivity index (χ3v) is 2.32. The Hall–Kier alpha value is -1.23. The zero-order valence-corrected chi connectivity index (χ0v) is 7.58. The fourth-order valence-electron chi connectivity index (χ4n) is 1.02. The molecule has 0 aliphatic rings. The standard InChI is InChI=1S/C7H5BrN3O/c8-4-1-7-6(2-5(4)9)10-3-11(7)12/h1-3H,9H2/q-1. The van der Waals surface area contributed by atoms with Crippen LogP contribution in [0.25, 0.3) is 11.0 Å². The van der Waals surface area contributed by atoms with Gasteiger partial charge in [-0.25, -0.2) is 4.98 Å². The van der Waals surface area contributed by atoms with Gasteiger partial charge in [-0.15, -0.1) is 0 Å². The molecule has 0 saturated carbocycles. The minimum Gasteiger partial charge on any atom is -0.805 e. The average molecular weight is 227 g/mol. The SMILES string of the molecule is Nc1cc2ncn([O-])c2cc1Br. The van der Waals surface area contributed by atoms with E-state index in [0.717, 1.165) is 0 Å². The molecule has 0 fully saturated rings. The van der Waals surface area contributed by atoms with Crippen molar-refractivity contribution in [3.8, 4) is 0 Å². The summed E-state index contributed by atoms with van der Waals surface area (Å²) in [7, 11) is 0. The molecular formula is C7H5BrN3O-. The summed E-state index contributed by atoms with van der Waals surface area (Å²) < 4.78 is 1.42. The highest BCUT2D eigenvalue weighted by molar-refractivity contribution is 9.10. The van der Waals surface area contributed by atoms with Crippen molar-refractivity contribution >= 4 is 32.7 Å². The molecule has 2 aromatic rings. The first-order valence-electron chi connectivity index (χ1n) is 3.28. The molecule has 0 amide bonds. The van der Waals surface area contributed by atoms with Gasteiger partial charge in [0.15, 0.2) is 0 Å². The van der Waals surface area contributed by atoms with Gasteiger partial charge in [0.25, 0.3) is 0 Å². The second-order valence-corrected chi connectivity index (χ2v) is 3.29. The van der Waals surface area contributed by atoms with Crippen LogP contribution in [0.3, 0.4) is 0 Å². The number of anilines is 1. The zero-order chi connectivity index (χ0) is 8.72. The lowest BCUT2D eigenvalue weighted by atomic mass is 10.3. The van der Waals surface area contributed by atoms with Crippen LogP contribution in [-0.4, -0.2) is 9.71 Å². The smallest absolute Gasteiger partial charge is 0.0911 e. The summed E-state index contributed by atoms with van der Waals surface area (Å²) in [6, 6.07) is 3.32. The maximum absolute atomic E-state index is 11.0. The van der Waals surface area contributed by atoms with Gasteiger partial charge >= 0.3 is 0 Å². The molecule has 1 heterocycles. The summed E-state index contributed by atoms with van der Waals surface area (Å²) in [4.78, 5) is 3.87. The summed E-state index contributed by atoms with van der Waals surface area (Å²) in [6.45, 7) is 0. The molecule has 2 rings (SSSR count). The maximum Gasteiger partial charge on any atom is 0.0911 e. The number of hydrogen-bond acceptors (Lipinski definition) is 3. The Bertz CT molecular complexity index is 437. The van der Waals surface area contributed by atoms with Crippen LogP contribution in [-0.2, 0) is 0 Å². The van der Waals surface area contributed by atoms with E-state index in [4.69, 9.17) is 5.73 Å². The zero-order valence-electron chi connectivity index (χ0n) is 5.99. The highest BCUT2D eigenvalue weighted by Crippen LogP contribution is 2.24. The fraction of sp³-hybridized carbons (Fsp3) is 0. The van der Waals surface area contributed by atoms with Crippen molar-refractivity contribution in [2.75, 3.05) is 5.73 Å². The minimum absolute atomic E-state index is 0.524. The van der Waals surface area contributed by atoms with E-state index in [9.17, 15) is 5.21 Å². The normalized spacial score (nSPS) is 10.8. The first-order valence-corrected chi connectivity index (χ1v) is 4.07. The molecule has 62 valence electrons. The first kappa shape index (κ1) is 7.42. The topological polar surface area (TPSA) is 66.9 Å². The summed E-state index contributed by atoms with van der Waals surface area (Å²) in [5.41, 5.74) is 7.32. The Balaban J connectivity index is 2.87. The van der Waals surface area contributed by atoms with E-state index in [1.807, 2.05) is 0 Å². The van der Waals surface area contributed by atoms with Gasteiger partial charge in [0.1, 0.15) is 0 Å². The molecule has 1 aromatic heterocycles.